The van der Waals surface area contributed by atoms with Crippen molar-refractivity contribution in [3.05, 3.63) is 23.2 Å². The van der Waals surface area contributed by atoms with Gasteiger partial charge in [-0.05, 0) is 31.0 Å². The van der Waals surface area contributed by atoms with Crippen LogP contribution in [0.5, 0.6) is 0 Å². The van der Waals surface area contributed by atoms with Crippen molar-refractivity contribution in [2.24, 2.45) is 0 Å². The number of halogens is 1. The van der Waals surface area contributed by atoms with Crippen LogP contribution >= 0.6 is 23.4 Å². The molecular weight excluding hydrogens is 280 g/mol. The third-order valence-corrected chi connectivity index (χ3v) is 4.59. The second kappa shape index (κ2) is 7.06. The topological polar surface area (TPSA) is 46.3 Å². The predicted octanol–water partition coefficient (Wildman–Crippen LogP) is 3.42. The van der Waals surface area contributed by atoms with Gasteiger partial charge in [0.05, 0.1) is 5.75 Å². The maximum absolute atomic E-state index is 12.1. The molecule has 1 aliphatic heterocycles. The summed E-state index contributed by atoms with van der Waals surface area (Å²) >= 11 is 7.34. The first-order chi connectivity index (χ1) is 9.16. The van der Waals surface area contributed by atoms with Crippen LogP contribution in [-0.2, 0) is 4.79 Å². The molecule has 1 aromatic rings. The van der Waals surface area contributed by atoms with E-state index in [1.165, 1.54) is 24.6 Å². The van der Waals surface area contributed by atoms with E-state index in [9.17, 15) is 4.79 Å². The molecule has 0 spiro atoms. The van der Waals surface area contributed by atoms with E-state index < -0.39 is 0 Å². The molecule has 1 aromatic carbocycles. The molecule has 5 heteroatoms. The molecule has 1 heterocycles. The van der Waals surface area contributed by atoms with E-state index in [4.69, 9.17) is 17.3 Å². The Morgan fingerprint density at radius 3 is 2.58 bits per heavy atom. The van der Waals surface area contributed by atoms with Gasteiger partial charge in [-0.2, -0.15) is 0 Å². The minimum Gasteiger partial charge on any atom is -0.398 e. The van der Waals surface area contributed by atoms with Gasteiger partial charge in [0.1, 0.15) is 0 Å². The van der Waals surface area contributed by atoms with Crippen molar-refractivity contribution in [1.82, 2.24) is 4.90 Å². The average Bonchev–Trinajstić information content (AvgIpc) is 2.66. The van der Waals surface area contributed by atoms with Crippen molar-refractivity contribution in [1.29, 1.82) is 0 Å². The van der Waals surface area contributed by atoms with E-state index in [2.05, 4.69) is 0 Å². The largest absolute Gasteiger partial charge is 0.398 e. The zero-order chi connectivity index (χ0) is 13.7. The molecule has 104 valence electrons. The van der Waals surface area contributed by atoms with Crippen molar-refractivity contribution >= 4 is 35.0 Å². The predicted molar refractivity (Wildman–Crippen MR) is 81.6 cm³/mol. The maximum Gasteiger partial charge on any atom is 0.232 e. The number of carbonyl (C=O) groups is 1. The van der Waals surface area contributed by atoms with Crippen LogP contribution in [0.1, 0.15) is 25.7 Å². The summed E-state index contributed by atoms with van der Waals surface area (Å²) in [6.45, 7) is 1.80. The number of nitrogens with two attached hydrogens (primary N) is 1. The minimum atomic E-state index is 0.209. The summed E-state index contributed by atoms with van der Waals surface area (Å²) in [6.07, 6.45) is 4.72. The SMILES string of the molecule is Nc1cc(Cl)ccc1SCC(=O)N1CCCCCC1. The highest BCUT2D eigenvalue weighted by molar-refractivity contribution is 8.00. The Hall–Kier alpha value is -0.870. The Morgan fingerprint density at radius 2 is 1.95 bits per heavy atom. The lowest BCUT2D eigenvalue weighted by Gasteiger charge is -2.20. The Morgan fingerprint density at radius 1 is 1.26 bits per heavy atom. The van der Waals surface area contributed by atoms with Gasteiger partial charge in [-0.1, -0.05) is 24.4 Å². The lowest BCUT2D eigenvalue weighted by Crippen LogP contribution is -2.33. The summed E-state index contributed by atoms with van der Waals surface area (Å²) < 4.78 is 0. The van der Waals surface area contributed by atoms with E-state index in [1.54, 1.807) is 12.1 Å². The number of carbonyl (C=O) groups excluding carboxylic acids is 1. The average molecular weight is 299 g/mol. The fourth-order valence-electron chi connectivity index (χ4n) is 2.20. The number of rotatable bonds is 3. The first kappa shape index (κ1) is 14.5. The normalized spacial score (nSPS) is 16.2. The number of nitrogens with zero attached hydrogens (tertiary/aromatic N) is 1. The number of likely N-dealkylation sites (tertiary alicyclic amines) is 1. The monoisotopic (exact) mass is 298 g/mol. The van der Waals surface area contributed by atoms with Crippen molar-refractivity contribution in [3.63, 3.8) is 0 Å². The zero-order valence-electron chi connectivity index (χ0n) is 10.9. The number of nitrogen functional groups attached to an aromatic ring is 1. The van der Waals surface area contributed by atoms with Crippen LogP contribution in [-0.4, -0.2) is 29.6 Å². The molecular formula is C14H19ClN2OS. The van der Waals surface area contributed by atoms with Gasteiger partial charge < -0.3 is 10.6 Å². The molecule has 1 aliphatic rings. The highest BCUT2D eigenvalue weighted by Gasteiger charge is 2.15. The molecule has 0 bridgehead atoms. The number of hydrogen-bond acceptors (Lipinski definition) is 3. The minimum absolute atomic E-state index is 0.209. The third-order valence-electron chi connectivity index (χ3n) is 3.28. The molecule has 0 radical (unpaired) electrons. The molecule has 0 aromatic heterocycles. The number of amides is 1. The van der Waals surface area contributed by atoms with Crippen LogP contribution < -0.4 is 5.73 Å². The first-order valence-electron chi connectivity index (χ1n) is 6.62. The van der Waals surface area contributed by atoms with Gasteiger partial charge in [0.25, 0.3) is 0 Å². The molecule has 1 fully saturated rings. The standard InChI is InChI=1S/C14H19ClN2OS/c15-11-5-6-13(12(16)9-11)19-10-14(18)17-7-3-1-2-4-8-17/h5-6,9H,1-4,7-8,10,16H2. The van der Waals surface area contributed by atoms with Crippen LogP contribution in [0.15, 0.2) is 23.1 Å². The molecule has 0 unspecified atom stereocenters. The molecule has 19 heavy (non-hydrogen) atoms. The highest BCUT2D eigenvalue weighted by atomic mass is 35.5. The van der Waals surface area contributed by atoms with E-state index in [0.29, 0.717) is 16.5 Å². The van der Waals surface area contributed by atoms with E-state index >= 15 is 0 Å². The molecule has 1 saturated heterocycles. The Balaban J connectivity index is 1.88. The summed E-state index contributed by atoms with van der Waals surface area (Å²) in [5.74, 6) is 0.660. The summed E-state index contributed by atoms with van der Waals surface area (Å²) in [4.78, 5) is 15.0. The number of benzene rings is 1. The molecule has 3 nitrogen and oxygen atoms in total. The lowest BCUT2D eigenvalue weighted by atomic mass is 10.2. The van der Waals surface area contributed by atoms with Crippen molar-refractivity contribution < 1.29 is 4.79 Å². The molecule has 2 rings (SSSR count). The smallest absolute Gasteiger partial charge is 0.232 e. The van der Waals surface area contributed by atoms with Crippen LogP contribution in [0.25, 0.3) is 0 Å². The summed E-state index contributed by atoms with van der Waals surface area (Å²) in [7, 11) is 0. The second-order valence-electron chi connectivity index (χ2n) is 4.77. The fraction of sp³-hybridized carbons (Fsp3) is 0.500. The van der Waals surface area contributed by atoms with Crippen LogP contribution in [0.4, 0.5) is 5.69 Å². The first-order valence-corrected chi connectivity index (χ1v) is 7.99. The van der Waals surface area contributed by atoms with Gasteiger partial charge in [0.15, 0.2) is 0 Å². The van der Waals surface area contributed by atoms with Gasteiger partial charge in [0.2, 0.25) is 5.91 Å². The van der Waals surface area contributed by atoms with Gasteiger partial charge in [-0.15, -0.1) is 11.8 Å². The highest BCUT2D eigenvalue weighted by Crippen LogP contribution is 2.28. The molecule has 2 N–H and O–H groups in total. The number of anilines is 1. The molecule has 1 amide bonds. The second-order valence-corrected chi connectivity index (χ2v) is 6.22. The Labute approximate surface area is 123 Å². The molecule has 0 aliphatic carbocycles. The maximum atomic E-state index is 12.1. The summed E-state index contributed by atoms with van der Waals surface area (Å²) in [6, 6.07) is 5.40. The third kappa shape index (κ3) is 4.32. The van der Waals surface area contributed by atoms with E-state index in [0.717, 1.165) is 30.8 Å². The number of hydrogen-bond donors (Lipinski definition) is 1. The van der Waals surface area contributed by atoms with Gasteiger partial charge >= 0.3 is 0 Å². The van der Waals surface area contributed by atoms with Crippen LogP contribution in [0, 0.1) is 0 Å². The molecule has 0 atom stereocenters. The number of thioether (sulfide) groups is 1. The zero-order valence-corrected chi connectivity index (χ0v) is 12.5. The van der Waals surface area contributed by atoms with Crippen LogP contribution in [0.3, 0.4) is 0 Å². The van der Waals surface area contributed by atoms with Crippen LogP contribution in [0.2, 0.25) is 5.02 Å². The van der Waals surface area contributed by atoms with Crippen molar-refractivity contribution in [2.75, 3.05) is 24.6 Å². The lowest BCUT2D eigenvalue weighted by molar-refractivity contribution is -0.128. The van der Waals surface area contributed by atoms with Gasteiger partial charge in [-0.25, -0.2) is 0 Å². The van der Waals surface area contributed by atoms with E-state index in [-0.39, 0.29) is 5.91 Å². The van der Waals surface area contributed by atoms with Gasteiger partial charge in [-0.3, -0.25) is 4.79 Å². The quantitative estimate of drug-likeness (QED) is 0.687. The van der Waals surface area contributed by atoms with Gasteiger partial charge in [0, 0.05) is 28.7 Å². The Kier molecular flexibility index (Phi) is 5.40. The van der Waals surface area contributed by atoms with E-state index in [1.807, 2.05) is 11.0 Å². The fourth-order valence-corrected chi connectivity index (χ4v) is 3.23. The van der Waals surface area contributed by atoms with Crippen molar-refractivity contribution in [3.8, 4) is 0 Å². The summed E-state index contributed by atoms with van der Waals surface area (Å²) in [5, 5.41) is 0.626. The molecule has 0 saturated carbocycles. The Bertz CT molecular complexity index is 445. The summed E-state index contributed by atoms with van der Waals surface area (Å²) in [5.41, 5.74) is 6.52. The van der Waals surface area contributed by atoms with Crippen molar-refractivity contribution in [2.45, 2.75) is 30.6 Å².